The Morgan fingerprint density at radius 3 is 2.87 bits per heavy atom. The molecule has 1 unspecified atom stereocenters. The van der Waals surface area contributed by atoms with E-state index < -0.39 is 6.10 Å². The molecule has 1 atom stereocenters. The zero-order chi connectivity index (χ0) is 11.1. The molecule has 0 saturated carbocycles. The van der Waals surface area contributed by atoms with Crippen molar-refractivity contribution < 1.29 is 9.52 Å². The summed E-state index contributed by atoms with van der Waals surface area (Å²) in [6.45, 7) is 5.64. The lowest BCUT2D eigenvalue weighted by Crippen LogP contribution is -1.97. The summed E-state index contributed by atoms with van der Waals surface area (Å²) in [5.41, 5.74) is 1.04. The number of furan rings is 1. The minimum absolute atomic E-state index is 0.441. The summed E-state index contributed by atoms with van der Waals surface area (Å²) in [5.74, 6) is 0.721. The Morgan fingerprint density at radius 1 is 1.47 bits per heavy atom. The smallest absolute Gasteiger partial charge is 0.135 e. The van der Waals surface area contributed by atoms with Crippen molar-refractivity contribution in [2.75, 3.05) is 0 Å². The van der Waals surface area contributed by atoms with Gasteiger partial charge in [0.2, 0.25) is 0 Å². The molecule has 1 N–H and O–H groups in total. The topological polar surface area (TPSA) is 33.4 Å². The molecule has 0 aliphatic carbocycles. The number of hydrogen-bond donors (Lipinski definition) is 1. The fraction of sp³-hybridized carbons (Fsp3) is 0.538. The number of rotatable bonds is 7. The third kappa shape index (κ3) is 3.92. The summed E-state index contributed by atoms with van der Waals surface area (Å²) >= 11 is 0. The van der Waals surface area contributed by atoms with Crippen LogP contribution in [0.25, 0.3) is 0 Å². The van der Waals surface area contributed by atoms with Gasteiger partial charge in [0.15, 0.2) is 0 Å². The molecular weight excluding hydrogens is 188 g/mol. The molecule has 0 aliphatic rings. The molecule has 0 aromatic carbocycles. The van der Waals surface area contributed by atoms with Gasteiger partial charge in [-0.05, 0) is 37.8 Å². The molecule has 0 bridgehead atoms. The second kappa shape index (κ2) is 6.46. The first kappa shape index (κ1) is 12.1. The number of aryl methyl sites for hydroxylation is 1. The molecule has 0 aliphatic heterocycles. The average molecular weight is 208 g/mol. The average Bonchev–Trinajstić information content (AvgIpc) is 2.64. The number of aliphatic hydroxyl groups excluding tert-OH is 1. The lowest BCUT2D eigenvalue weighted by atomic mass is 10.1. The first-order valence-electron chi connectivity index (χ1n) is 5.58. The van der Waals surface area contributed by atoms with E-state index in [0.29, 0.717) is 0 Å². The summed E-state index contributed by atoms with van der Waals surface area (Å²) in [4.78, 5) is 0. The zero-order valence-corrected chi connectivity index (χ0v) is 9.41. The second-order valence-corrected chi connectivity index (χ2v) is 3.91. The highest BCUT2D eigenvalue weighted by molar-refractivity contribution is 5.16. The molecule has 84 valence electrons. The van der Waals surface area contributed by atoms with Crippen molar-refractivity contribution in [1.29, 1.82) is 0 Å². The van der Waals surface area contributed by atoms with Gasteiger partial charge in [0.05, 0.1) is 6.26 Å². The maximum absolute atomic E-state index is 9.83. The molecule has 0 spiro atoms. The molecule has 15 heavy (non-hydrogen) atoms. The minimum Gasteiger partial charge on any atom is -0.466 e. The molecule has 0 saturated heterocycles. The van der Waals surface area contributed by atoms with Gasteiger partial charge in [0, 0.05) is 0 Å². The van der Waals surface area contributed by atoms with Crippen LogP contribution in [0.4, 0.5) is 0 Å². The molecule has 1 aromatic heterocycles. The van der Waals surface area contributed by atoms with Gasteiger partial charge in [0.1, 0.15) is 11.9 Å². The summed E-state index contributed by atoms with van der Waals surface area (Å²) in [7, 11) is 0. The Balaban J connectivity index is 2.22. The predicted molar refractivity (Wildman–Crippen MR) is 61.7 cm³/mol. The summed E-state index contributed by atoms with van der Waals surface area (Å²) in [6.07, 6.45) is 8.31. The monoisotopic (exact) mass is 208 g/mol. The Bertz CT molecular complexity index is 288. The van der Waals surface area contributed by atoms with Crippen LogP contribution in [0.2, 0.25) is 0 Å². The first-order valence-corrected chi connectivity index (χ1v) is 5.58. The van der Waals surface area contributed by atoms with Crippen LogP contribution in [0, 0.1) is 6.92 Å². The van der Waals surface area contributed by atoms with Gasteiger partial charge in [0.25, 0.3) is 0 Å². The van der Waals surface area contributed by atoms with Gasteiger partial charge >= 0.3 is 0 Å². The molecule has 1 aromatic rings. The maximum Gasteiger partial charge on any atom is 0.135 e. The number of allylic oxidation sites excluding steroid dienone is 1. The SMILES string of the molecule is C=CCCCCCC(O)c1occc1C. The Kier molecular flexibility index (Phi) is 5.19. The Morgan fingerprint density at radius 2 is 2.27 bits per heavy atom. The number of aliphatic hydroxyl groups is 1. The van der Waals surface area contributed by atoms with Crippen molar-refractivity contribution in [1.82, 2.24) is 0 Å². The molecule has 2 nitrogen and oxygen atoms in total. The quantitative estimate of drug-likeness (QED) is 0.546. The van der Waals surface area contributed by atoms with Crippen LogP contribution in [-0.4, -0.2) is 5.11 Å². The molecular formula is C13H20O2. The third-order valence-corrected chi connectivity index (χ3v) is 2.59. The first-order chi connectivity index (χ1) is 7.25. The fourth-order valence-corrected chi connectivity index (χ4v) is 1.66. The van der Waals surface area contributed by atoms with Crippen LogP contribution in [0.3, 0.4) is 0 Å². The van der Waals surface area contributed by atoms with E-state index in [2.05, 4.69) is 6.58 Å². The van der Waals surface area contributed by atoms with Crippen molar-refractivity contribution in [2.45, 2.75) is 45.1 Å². The zero-order valence-electron chi connectivity index (χ0n) is 9.41. The van der Waals surface area contributed by atoms with Crippen molar-refractivity contribution in [3.63, 3.8) is 0 Å². The van der Waals surface area contributed by atoms with Crippen molar-refractivity contribution in [2.24, 2.45) is 0 Å². The van der Waals surface area contributed by atoms with Crippen molar-refractivity contribution in [3.8, 4) is 0 Å². The lowest BCUT2D eigenvalue weighted by molar-refractivity contribution is 0.136. The highest BCUT2D eigenvalue weighted by Gasteiger charge is 2.12. The fourth-order valence-electron chi connectivity index (χ4n) is 1.66. The van der Waals surface area contributed by atoms with E-state index in [9.17, 15) is 5.11 Å². The van der Waals surface area contributed by atoms with Crippen molar-refractivity contribution in [3.05, 3.63) is 36.3 Å². The van der Waals surface area contributed by atoms with Gasteiger partial charge in [-0.1, -0.05) is 18.9 Å². The van der Waals surface area contributed by atoms with Gasteiger partial charge in [-0.2, -0.15) is 0 Å². The maximum atomic E-state index is 9.83. The van der Waals surface area contributed by atoms with Gasteiger partial charge in [-0.3, -0.25) is 0 Å². The number of unbranched alkanes of at least 4 members (excludes halogenated alkanes) is 3. The van der Waals surface area contributed by atoms with Crippen molar-refractivity contribution >= 4 is 0 Å². The van der Waals surface area contributed by atoms with E-state index in [1.54, 1.807) is 6.26 Å². The molecule has 0 amide bonds. The van der Waals surface area contributed by atoms with E-state index >= 15 is 0 Å². The Hall–Kier alpha value is -1.02. The van der Waals surface area contributed by atoms with Crippen LogP contribution < -0.4 is 0 Å². The normalized spacial score (nSPS) is 12.7. The van der Waals surface area contributed by atoms with E-state index in [4.69, 9.17) is 4.42 Å². The standard InChI is InChI=1S/C13H20O2/c1-3-4-5-6-7-8-12(14)13-11(2)9-10-15-13/h3,9-10,12,14H,1,4-8H2,2H3. The van der Waals surface area contributed by atoms with E-state index in [1.807, 2.05) is 19.1 Å². The lowest BCUT2D eigenvalue weighted by Gasteiger charge is -2.08. The third-order valence-electron chi connectivity index (χ3n) is 2.59. The largest absolute Gasteiger partial charge is 0.466 e. The van der Waals surface area contributed by atoms with Crippen LogP contribution in [-0.2, 0) is 0 Å². The van der Waals surface area contributed by atoms with Crippen LogP contribution in [0.5, 0.6) is 0 Å². The van der Waals surface area contributed by atoms with Gasteiger partial charge in [-0.25, -0.2) is 0 Å². The molecule has 1 heterocycles. The molecule has 0 fully saturated rings. The molecule has 0 radical (unpaired) electrons. The van der Waals surface area contributed by atoms with Crippen LogP contribution in [0.1, 0.15) is 49.5 Å². The van der Waals surface area contributed by atoms with Crippen LogP contribution >= 0.6 is 0 Å². The minimum atomic E-state index is -0.441. The highest BCUT2D eigenvalue weighted by Crippen LogP contribution is 2.23. The van der Waals surface area contributed by atoms with Crippen LogP contribution in [0.15, 0.2) is 29.4 Å². The molecule has 1 rings (SSSR count). The van der Waals surface area contributed by atoms with E-state index in [1.165, 1.54) is 0 Å². The highest BCUT2D eigenvalue weighted by atomic mass is 16.4. The summed E-state index contributed by atoms with van der Waals surface area (Å²) < 4.78 is 5.24. The van der Waals surface area contributed by atoms with Gasteiger partial charge in [-0.15, -0.1) is 6.58 Å². The molecule has 2 heteroatoms. The predicted octanol–water partition coefficient (Wildman–Crippen LogP) is 3.76. The Labute approximate surface area is 91.6 Å². The van der Waals surface area contributed by atoms with E-state index in [0.717, 1.165) is 43.4 Å². The number of hydrogen-bond acceptors (Lipinski definition) is 2. The van der Waals surface area contributed by atoms with E-state index in [-0.39, 0.29) is 0 Å². The second-order valence-electron chi connectivity index (χ2n) is 3.91. The van der Waals surface area contributed by atoms with Gasteiger partial charge < -0.3 is 9.52 Å². The summed E-state index contributed by atoms with van der Waals surface area (Å²) in [5, 5.41) is 9.83. The summed E-state index contributed by atoms with van der Waals surface area (Å²) in [6, 6.07) is 1.89.